The molecule has 2 aromatic carbocycles. The summed E-state index contributed by atoms with van der Waals surface area (Å²) in [5.41, 5.74) is 2.06. The van der Waals surface area contributed by atoms with Crippen molar-refractivity contribution in [1.29, 1.82) is 0 Å². The number of halogens is 3. The molecule has 2 aromatic rings. The molecular formula is C15H13F2IO. The molecule has 0 saturated heterocycles. The van der Waals surface area contributed by atoms with Gasteiger partial charge in [-0.25, -0.2) is 8.78 Å². The van der Waals surface area contributed by atoms with E-state index in [-0.39, 0.29) is 5.56 Å². The molecule has 0 aliphatic heterocycles. The van der Waals surface area contributed by atoms with Gasteiger partial charge < -0.3 is 5.11 Å². The normalized spacial score (nSPS) is 12.5. The third-order valence-corrected chi connectivity index (χ3v) is 4.56. The quantitative estimate of drug-likeness (QED) is 0.779. The van der Waals surface area contributed by atoms with Crippen LogP contribution in [0.4, 0.5) is 8.78 Å². The zero-order valence-electron chi connectivity index (χ0n) is 10.5. The molecule has 0 radical (unpaired) electrons. The van der Waals surface area contributed by atoms with Gasteiger partial charge in [0.15, 0.2) is 0 Å². The molecule has 1 N–H and O–H groups in total. The summed E-state index contributed by atoms with van der Waals surface area (Å²) in [4.78, 5) is 0. The minimum atomic E-state index is -1.09. The highest BCUT2D eigenvalue weighted by Gasteiger charge is 2.19. The van der Waals surface area contributed by atoms with Crippen LogP contribution in [0.25, 0.3) is 0 Å². The maximum Gasteiger partial charge on any atom is 0.132 e. The average molecular weight is 374 g/mol. The van der Waals surface area contributed by atoms with Crippen molar-refractivity contribution in [2.45, 2.75) is 20.0 Å². The van der Waals surface area contributed by atoms with Gasteiger partial charge in [-0.05, 0) is 59.2 Å². The minimum Gasteiger partial charge on any atom is -0.384 e. The Morgan fingerprint density at radius 2 is 1.68 bits per heavy atom. The molecule has 0 aromatic heterocycles. The molecule has 100 valence electrons. The Balaban J connectivity index is 2.53. The number of aliphatic hydroxyl groups excluding tert-OH is 1. The van der Waals surface area contributed by atoms with Gasteiger partial charge in [0.05, 0.1) is 0 Å². The molecule has 0 spiro atoms. The van der Waals surface area contributed by atoms with E-state index in [0.717, 1.165) is 15.2 Å². The molecule has 0 saturated carbocycles. The first-order valence-corrected chi connectivity index (χ1v) is 6.88. The van der Waals surface area contributed by atoms with Crippen LogP contribution in [-0.2, 0) is 0 Å². The first kappa shape index (κ1) is 14.4. The number of benzene rings is 2. The maximum atomic E-state index is 13.8. The van der Waals surface area contributed by atoms with Gasteiger partial charge in [-0.2, -0.15) is 0 Å². The average Bonchev–Trinajstić information content (AvgIpc) is 2.36. The van der Waals surface area contributed by atoms with E-state index in [1.54, 1.807) is 13.0 Å². The molecule has 4 heteroatoms. The van der Waals surface area contributed by atoms with E-state index in [1.165, 1.54) is 6.07 Å². The van der Waals surface area contributed by atoms with Crippen molar-refractivity contribution >= 4 is 22.6 Å². The Morgan fingerprint density at radius 1 is 1.00 bits per heavy atom. The van der Waals surface area contributed by atoms with E-state index in [4.69, 9.17) is 0 Å². The molecule has 0 heterocycles. The number of rotatable bonds is 2. The van der Waals surface area contributed by atoms with Crippen molar-refractivity contribution in [2.75, 3.05) is 0 Å². The fourth-order valence-electron chi connectivity index (χ4n) is 1.94. The highest BCUT2D eigenvalue weighted by molar-refractivity contribution is 14.1. The van der Waals surface area contributed by atoms with Gasteiger partial charge in [-0.1, -0.05) is 18.2 Å². The maximum absolute atomic E-state index is 13.8. The lowest BCUT2D eigenvalue weighted by Gasteiger charge is -2.16. The summed E-state index contributed by atoms with van der Waals surface area (Å²) in [5, 5.41) is 10.3. The van der Waals surface area contributed by atoms with Gasteiger partial charge in [-0.3, -0.25) is 0 Å². The molecule has 19 heavy (non-hydrogen) atoms. The van der Waals surface area contributed by atoms with Gasteiger partial charge in [-0.15, -0.1) is 0 Å². The van der Waals surface area contributed by atoms with Crippen LogP contribution < -0.4 is 0 Å². The molecule has 0 fully saturated rings. The Morgan fingerprint density at radius 3 is 2.37 bits per heavy atom. The van der Waals surface area contributed by atoms with Crippen LogP contribution in [0.5, 0.6) is 0 Å². The van der Waals surface area contributed by atoms with Crippen molar-refractivity contribution in [2.24, 2.45) is 0 Å². The second-order valence-electron chi connectivity index (χ2n) is 4.50. The van der Waals surface area contributed by atoms with Crippen LogP contribution in [0.1, 0.15) is 28.4 Å². The van der Waals surface area contributed by atoms with Crippen LogP contribution in [0.15, 0.2) is 30.3 Å². The molecule has 0 aliphatic rings. The first-order chi connectivity index (χ1) is 8.91. The van der Waals surface area contributed by atoms with Crippen molar-refractivity contribution in [3.8, 4) is 0 Å². The zero-order chi connectivity index (χ0) is 14.2. The molecule has 0 bridgehead atoms. The molecule has 1 unspecified atom stereocenters. The van der Waals surface area contributed by atoms with Gasteiger partial charge in [0, 0.05) is 15.2 Å². The van der Waals surface area contributed by atoms with Crippen molar-refractivity contribution in [1.82, 2.24) is 0 Å². The third kappa shape index (κ3) is 2.79. The van der Waals surface area contributed by atoms with Crippen LogP contribution in [-0.4, -0.2) is 5.11 Å². The lowest BCUT2D eigenvalue weighted by atomic mass is 9.98. The van der Waals surface area contributed by atoms with Gasteiger partial charge >= 0.3 is 0 Å². The van der Waals surface area contributed by atoms with Crippen molar-refractivity contribution in [3.63, 3.8) is 0 Å². The highest BCUT2D eigenvalue weighted by atomic mass is 127. The van der Waals surface area contributed by atoms with E-state index in [9.17, 15) is 13.9 Å². The predicted molar refractivity (Wildman–Crippen MR) is 79.1 cm³/mol. The number of hydrogen-bond acceptors (Lipinski definition) is 1. The summed E-state index contributed by atoms with van der Waals surface area (Å²) in [6, 6.07) is 7.65. The summed E-state index contributed by atoms with van der Waals surface area (Å²) in [5.74, 6) is -1.33. The largest absolute Gasteiger partial charge is 0.384 e. The number of hydrogen-bond donors (Lipinski definition) is 1. The van der Waals surface area contributed by atoms with Crippen LogP contribution in [0.2, 0.25) is 0 Å². The second kappa shape index (κ2) is 5.54. The Bertz CT molecular complexity index is 626. The second-order valence-corrected chi connectivity index (χ2v) is 5.58. The van der Waals surface area contributed by atoms with Gasteiger partial charge in [0.2, 0.25) is 0 Å². The minimum absolute atomic E-state index is 0.0995. The van der Waals surface area contributed by atoms with E-state index in [0.29, 0.717) is 11.1 Å². The van der Waals surface area contributed by atoms with Crippen LogP contribution in [0, 0.1) is 29.1 Å². The summed E-state index contributed by atoms with van der Waals surface area (Å²) in [7, 11) is 0. The zero-order valence-corrected chi connectivity index (χ0v) is 12.7. The summed E-state index contributed by atoms with van der Waals surface area (Å²) >= 11 is 2.12. The summed E-state index contributed by atoms with van der Waals surface area (Å²) in [6.07, 6.45) is -1.09. The Labute approximate surface area is 124 Å². The topological polar surface area (TPSA) is 20.2 Å². The van der Waals surface area contributed by atoms with E-state index in [2.05, 4.69) is 22.6 Å². The predicted octanol–water partition coefficient (Wildman–Crippen LogP) is 4.27. The number of aliphatic hydroxyl groups is 1. The lowest BCUT2D eigenvalue weighted by molar-refractivity contribution is 0.213. The fourth-order valence-corrected chi connectivity index (χ4v) is 2.59. The standard InChI is InChI=1S/C15H13F2IO/c1-8-4-3-5-10(14(8)18)15(19)11-6-9(2)12(16)7-13(11)17/h3-7,15,19H,1-2H3. The number of aryl methyl sites for hydroxylation is 2. The van der Waals surface area contributed by atoms with E-state index < -0.39 is 17.7 Å². The highest BCUT2D eigenvalue weighted by Crippen LogP contribution is 2.30. The molecule has 2 rings (SSSR count). The Hall–Kier alpha value is -1.01. The van der Waals surface area contributed by atoms with Crippen molar-refractivity contribution in [3.05, 3.63) is 67.8 Å². The third-order valence-electron chi connectivity index (χ3n) is 3.09. The summed E-state index contributed by atoms with van der Waals surface area (Å²) < 4.78 is 27.9. The first-order valence-electron chi connectivity index (χ1n) is 5.80. The lowest BCUT2D eigenvalue weighted by Crippen LogP contribution is -2.06. The molecule has 1 atom stereocenters. The summed E-state index contributed by atoms with van der Waals surface area (Å²) in [6.45, 7) is 3.47. The van der Waals surface area contributed by atoms with Gasteiger partial charge in [0.1, 0.15) is 17.7 Å². The Kier molecular flexibility index (Phi) is 4.20. The molecule has 0 amide bonds. The monoisotopic (exact) mass is 374 g/mol. The smallest absolute Gasteiger partial charge is 0.132 e. The fraction of sp³-hybridized carbons (Fsp3) is 0.200. The van der Waals surface area contributed by atoms with E-state index >= 15 is 0 Å². The molecular weight excluding hydrogens is 361 g/mol. The SMILES string of the molecule is Cc1cc(C(O)c2cccc(C)c2I)c(F)cc1F. The molecule has 1 nitrogen and oxygen atoms in total. The molecule has 0 aliphatic carbocycles. The van der Waals surface area contributed by atoms with Crippen LogP contribution >= 0.6 is 22.6 Å². The van der Waals surface area contributed by atoms with Gasteiger partial charge in [0.25, 0.3) is 0 Å². The van der Waals surface area contributed by atoms with Crippen LogP contribution in [0.3, 0.4) is 0 Å². The van der Waals surface area contributed by atoms with Crippen molar-refractivity contribution < 1.29 is 13.9 Å². The van der Waals surface area contributed by atoms with E-state index in [1.807, 2.05) is 19.1 Å².